The summed E-state index contributed by atoms with van der Waals surface area (Å²) >= 11 is 3.49. The monoisotopic (exact) mass is 436 g/mol. The normalized spacial score (nSPS) is 10.4. The number of hydrogen-bond donors (Lipinski definition) is 1. The van der Waals surface area contributed by atoms with Gasteiger partial charge in [0.15, 0.2) is 0 Å². The van der Waals surface area contributed by atoms with Gasteiger partial charge in [-0.25, -0.2) is 0 Å². The minimum absolute atomic E-state index is 0. The van der Waals surface area contributed by atoms with Crippen LogP contribution in [0.15, 0.2) is 39.2 Å². The number of rotatable bonds is 8. The molecule has 0 atom stereocenters. The van der Waals surface area contributed by atoms with E-state index in [1.165, 1.54) is 5.56 Å². The van der Waals surface area contributed by atoms with Crippen LogP contribution in [0.1, 0.15) is 25.2 Å². The summed E-state index contributed by atoms with van der Waals surface area (Å²) in [5.74, 6) is 1.92. The van der Waals surface area contributed by atoms with Gasteiger partial charge in [0.05, 0.1) is 6.54 Å². The van der Waals surface area contributed by atoms with E-state index in [1.54, 1.807) is 0 Å². The second kappa shape index (κ2) is 11.9. The van der Waals surface area contributed by atoms with Crippen molar-refractivity contribution in [1.29, 1.82) is 0 Å². The summed E-state index contributed by atoms with van der Waals surface area (Å²) in [5.41, 5.74) is 2.36. The maximum Gasteiger partial charge on any atom is 0.134 e. The van der Waals surface area contributed by atoms with Gasteiger partial charge in [-0.3, -0.25) is 0 Å². The minimum Gasteiger partial charge on any atom is -0.460 e. The quantitative estimate of drug-likeness (QED) is 0.568. The second-order valence-corrected chi connectivity index (χ2v) is 6.34. The lowest BCUT2D eigenvalue weighted by atomic mass is 10.1. The van der Waals surface area contributed by atoms with Gasteiger partial charge in [0.25, 0.3) is 0 Å². The summed E-state index contributed by atoms with van der Waals surface area (Å²) in [4.78, 5) is 2.41. The minimum atomic E-state index is 0. The van der Waals surface area contributed by atoms with Gasteiger partial charge in [-0.2, -0.15) is 0 Å². The Balaban J connectivity index is 0.00000264. The Morgan fingerprint density at radius 1 is 1.08 bits per heavy atom. The first-order chi connectivity index (χ1) is 10.6. The molecule has 1 aromatic heterocycles. The molecule has 0 bridgehead atoms. The van der Waals surface area contributed by atoms with Crippen LogP contribution in [-0.2, 0) is 6.54 Å². The molecule has 0 radical (unpaired) electrons. The highest BCUT2D eigenvalue weighted by Crippen LogP contribution is 2.27. The van der Waals surface area contributed by atoms with E-state index in [2.05, 4.69) is 71.2 Å². The van der Waals surface area contributed by atoms with Gasteiger partial charge in [0.2, 0.25) is 0 Å². The van der Waals surface area contributed by atoms with Crippen LogP contribution < -0.4 is 5.32 Å². The SMILES string of the molecule is CCN(CC)CCNCc1ccc(-c2ccc(Br)cc2C)o1.Cl.Cl. The molecule has 0 spiro atoms. The van der Waals surface area contributed by atoms with Gasteiger partial charge in [0, 0.05) is 23.1 Å². The fourth-order valence-corrected chi connectivity index (χ4v) is 2.99. The largest absolute Gasteiger partial charge is 0.460 e. The average Bonchev–Trinajstić information content (AvgIpc) is 2.96. The molecule has 1 aromatic carbocycles. The van der Waals surface area contributed by atoms with E-state index in [9.17, 15) is 0 Å². The molecule has 0 aliphatic heterocycles. The van der Waals surface area contributed by atoms with E-state index < -0.39 is 0 Å². The van der Waals surface area contributed by atoms with Crippen molar-refractivity contribution < 1.29 is 4.42 Å². The first-order valence-corrected chi connectivity index (χ1v) is 8.71. The number of furan rings is 1. The maximum absolute atomic E-state index is 5.96. The van der Waals surface area contributed by atoms with Crippen molar-refractivity contribution in [2.45, 2.75) is 27.3 Å². The van der Waals surface area contributed by atoms with Crippen molar-refractivity contribution in [1.82, 2.24) is 10.2 Å². The summed E-state index contributed by atoms with van der Waals surface area (Å²) in [6, 6.07) is 10.4. The molecule has 0 saturated heterocycles. The molecule has 2 rings (SSSR count). The van der Waals surface area contributed by atoms with Crippen molar-refractivity contribution in [2.75, 3.05) is 26.2 Å². The Labute approximate surface area is 166 Å². The van der Waals surface area contributed by atoms with Crippen LogP contribution in [0.2, 0.25) is 0 Å². The third kappa shape index (κ3) is 6.77. The summed E-state index contributed by atoms with van der Waals surface area (Å²) in [5, 5.41) is 3.45. The number of likely N-dealkylation sites (N-methyl/N-ethyl adjacent to an activating group) is 1. The van der Waals surface area contributed by atoms with Gasteiger partial charge in [-0.05, 0) is 55.9 Å². The molecule has 0 fully saturated rings. The number of hydrogen-bond acceptors (Lipinski definition) is 3. The van der Waals surface area contributed by atoms with Crippen molar-refractivity contribution in [3.05, 3.63) is 46.1 Å². The molecule has 0 saturated carbocycles. The van der Waals surface area contributed by atoms with Crippen LogP contribution in [0.4, 0.5) is 0 Å². The molecule has 1 N–H and O–H groups in total. The first kappa shape index (κ1) is 23.5. The van der Waals surface area contributed by atoms with Crippen molar-refractivity contribution in [3.8, 4) is 11.3 Å². The average molecular weight is 438 g/mol. The van der Waals surface area contributed by atoms with E-state index in [0.717, 1.165) is 54.3 Å². The fraction of sp³-hybridized carbons (Fsp3) is 0.444. The van der Waals surface area contributed by atoms with Crippen LogP contribution in [0.5, 0.6) is 0 Å². The van der Waals surface area contributed by atoms with Gasteiger partial charge in [-0.1, -0.05) is 29.8 Å². The van der Waals surface area contributed by atoms with Crippen molar-refractivity contribution in [3.63, 3.8) is 0 Å². The second-order valence-electron chi connectivity index (χ2n) is 5.43. The van der Waals surface area contributed by atoms with Crippen molar-refractivity contribution in [2.24, 2.45) is 0 Å². The molecule has 6 heteroatoms. The molecule has 136 valence electrons. The summed E-state index contributed by atoms with van der Waals surface area (Å²) in [6.45, 7) is 11.5. The van der Waals surface area contributed by atoms with Crippen LogP contribution in [0.25, 0.3) is 11.3 Å². The predicted octanol–water partition coefficient (Wildman–Crippen LogP) is 5.29. The van der Waals surface area contributed by atoms with E-state index in [4.69, 9.17) is 4.42 Å². The highest BCUT2D eigenvalue weighted by molar-refractivity contribution is 9.10. The molecule has 0 aliphatic carbocycles. The smallest absolute Gasteiger partial charge is 0.134 e. The highest BCUT2D eigenvalue weighted by Gasteiger charge is 2.08. The topological polar surface area (TPSA) is 28.4 Å². The predicted molar refractivity (Wildman–Crippen MR) is 111 cm³/mol. The Bertz CT molecular complexity index is 600. The van der Waals surface area contributed by atoms with Gasteiger partial charge < -0.3 is 14.6 Å². The van der Waals surface area contributed by atoms with Crippen molar-refractivity contribution >= 4 is 40.7 Å². The number of nitrogens with one attached hydrogen (secondary N) is 1. The number of halogens is 3. The molecule has 0 amide bonds. The van der Waals surface area contributed by atoms with Crippen LogP contribution in [0, 0.1) is 6.92 Å². The molecule has 1 heterocycles. The molecule has 3 nitrogen and oxygen atoms in total. The van der Waals surface area contributed by atoms with Crippen LogP contribution in [0.3, 0.4) is 0 Å². The highest BCUT2D eigenvalue weighted by atomic mass is 79.9. The molecule has 24 heavy (non-hydrogen) atoms. The van der Waals surface area contributed by atoms with Crippen LogP contribution in [-0.4, -0.2) is 31.1 Å². The summed E-state index contributed by atoms with van der Waals surface area (Å²) in [7, 11) is 0. The Morgan fingerprint density at radius 3 is 2.42 bits per heavy atom. The fourth-order valence-electron chi connectivity index (χ4n) is 2.51. The standard InChI is InChI=1S/C18H25BrN2O.2ClH/c1-4-21(5-2)11-10-20-13-16-7-9-18(22-16)17-8-6-15(19)12-14(17)3;;/h6-9,12,20H,4-5,10-11,13H2,1-3H3;2*1H. The van der Waals surface area contributed by atoms with E-state index in [0.29, 0.717) is 0 Å². The summed E-state index contributed by atoms with van der Waals surface area (Å²) in [6.07, 6.45) is 0. The lowest BCUT2D eigenvalue weighted by Gasteiger charge is -2.17. The third-order valence-corrected chi connectivity index (χ3v) is 4.41. The molecule has 2 aromatic rings. The lowest BCUT2D eigenvalue weighted by molar-refractivity contribution is 0.300. The zero-order chi connectivity index (χ0) is 15.9. The number of benzene rings is 1. The lowest BCUT2D eigenvalue weighted by Crippen LogP contribution is -2.31. The number of aryl methyl sites for hydroxylation is 1. The van der Waals surface area contributed by atoms with Gasteiger partial charge in [0.1, 0.15) is 11.5 Å². The third-order valence-electron chi connectivity index (χ3n) is 3.91. The first-order valence-electron chi connectivity index (χ1n) is 7.92. The van der Waals surface area contributed by atoms with E-state index in [1.807, 2.05) is 6.07 Å². The Morgan fingerprint density at radius 2 is 1.79 bits per heavy atom. The van der Waals surface area contributed by atoms with E-state index in [-0.39, 0.29) is 24.8 Å². The summed E-state index contributed by atoms with van der Waals surface area (Å²) < 4.78 is 7.05. The Kier molecular flexibility index (Phi) is 11.7. The molecular weight excluding hydrogens is 411 g/mol. The van der Waals surface area contributed by atoms with E-state index >= 15 is 0 Å². The number of nitrogens with zero attached hydrogens (tertiary/aromatic N) is 1. The van der Waals surface area contributed by atoms with Gasteiger partial charge in [-0.15, -0.1) is 24.8 Å². The van der Waals surface area contributed by atoms with Gasteiger partial charge >= 0.3 is 0 Å². The van der Waals surface area contributed by atoms with Crippen LogP contribution >= 0.6 is 40.7 Å². The maximum atomic E-state index is 5.96. The zero-order valence-corrected chi connectivity index (χ0v) is 17.7. The molecule has 0 unspecified atom stereocenters. The zero-order valence-electron chi connectivity index (χ0n) is 14.5. The molecule has 0 aliphatic rings. The molecular formula is C18H27BrCl2N2O. The Hall–Kier alpha value is -0.520.